The number of ether oxygens (including phenoxy) is 2. The molecule has 0 spiro atoms. The molecule has 2 atom stereocenters. The summed E-state index contributed by atoms with van der Waals surface area (Å²) in [6.45, 7) is 4.25. The smallest absolute Gasteiger partial charge is 0.306 e. The summed E-state index contributed by atoms with van der Waals surface area (Å²) in [6.07, 6.45) is 46.7. The van der Waals surface area contributed by atoms with Crippen molar-refractivity contribution in [3.8, 4) is 0 Å². The summed E-state index contributed by atoms with van der Waals surface area (Å²) in [6, 6.07) is 0. The molecule has 0 aromatic heterocycles. The van der Waals surface area contributed by atoms with E-state index >= 15 is 0 Å². The van der Waals surface area contributed by atoms with Gasteiger partial charge in [0.25, 0.3) is 7.82 Å². The van der Waals surface area contributed by atoms with Gasteiger partial charge in [-0.15, -0.1) is 0 Å². The lowest BCUT2D eigenvalue weighted by Crippen LogP contribution is -2.37. The van der Waals surface area contributed by atoms with Crippen LogP contribution in [0.4, 0.5) is 0 Å². The van der Waals surface area contributed by atoms with Gasteiger partial charge in [0.1, 0.15) is 19.8 Å². The van der Waals surface area contributed by atoms with Crippen LogP contribution < -0.4 is 4.89 Å². The molecule has 0 bridgehead atoms. The maximum absolute atomic E-state index is 12.7. The standard InChI is InChI=1S/C50H98NO8P/c1-6-8-10-12-14-16-18-20-22-23-24-25-26-27-29-30-32-34-36-38-40-42-49(52)56-46-48(47-58-60(54,55)57-45-44-51(3,4)5)59-50(53)43-41-39-37-35-33-31-28-21-19-17-15-13-11-9-7-2/h31,33,48H,6-30,32,34-47H2,1-5H3/b33-31+/t48-/m0/s1. The second-order valence-corrected chi connectivity index (χ2v) is 20.0. The Morgan fingerprint density at radius 2 is 0.850 bits per heavy atom. The van der Waals surface area contributed by atoms with Gasteiger partial charge < -0.3 is 27.9 Å². The van der Waals surface area contributed by atoms with E-state index in [2.05, 4.69) is 26.0 Å². The molecule has 0 saturated carbocycles. The molecule has 0 aliphatic carbocycles. The molecule has 0 amide bonds. The fraction of sp³-hybridized carbons (Fsp3) is 0.920. The molecule has 0 saturated heterocycles. The van der Waals surface area contributed by atoms with Crippen LogP contribution in [0.3, 0.4) is 0 Å². The summed E-state index contributed by atoms with van der Waals surface area (Å²) < 4.78 is 34.0. The fourth-order valence-corrected chi connectivity index (χ4v) is 8.03. The Balaban J connectivity index is 4.21. The Hall–Kier alpha value is -1.25. The van der Waals surface area contributed by atoms with Crippen LogP contribution in [-0.4, -0.2) is 70.0 Å². The van der Waals surface area contributed by atoms with Gasteiger partial charge in [0.05, 0.1) is 27.7 Å². The van der Waals surface area contributed by atoms with Crippen LogP contribution in [0.15, 0.2) is 12.2 Å². The van der Waals surface area contributed by atoms with E-state index in [-0.39, 0.29) is 32.0 Å². The summed E-state index contributed by atoms with van der Waals surface area (Å²) >= 11 is 0. The highest BCUT2D eigenvalue weighted by Gasteiger charge is 2.21. The molecule has 0 aromatic carbocycles. The highest BCUT2D eigenvalue weighted by Crippen LogP contribution is 2.38. The third-order valence-electron chi connectivity index (χ3n) is 11.3. The van der Waals surface area contributed by atoms with Crippen molar-refractivity contribution in [2.45, 2.75) is 251 Å². The van der Waals surface area contributed by atoms with E-state index in [4.69, 9.17) is 18.5 Å². The van der Waals surface area contributed by atoms with E-state index in [0.29, 0.717) is 17.4 Å². The number of esters is 2. The molecule has 0 heterocycles. The summed E-state index contributed by atoms with van der Waals surface area (Å²) in [5.74, 6) is -0.838. The summed E-state index contributed by atoms with van der Waals surface area (Å²) in [4.78, 5) is 37.7. The van der Waals surface area contributed by atoms with E-state index in [1.165, 1.54) is 167 Å². The minimum Gasteiger partial charge on any atom is -0.756 e. The Bertz CT molecular complexity index is 1030. The van der Waals surface area contributed by atoms with Crippen LogP contribution in [0.2, 0.25) is 0 Å². The summed E-state index contributed by atoms with van der Waals surface area (Å²) in [5, 5.41) is 0. The zero-order valence-corrected chi connectivity index (χ0v) is 41.1. The number of rotatable bonds is 47. The van der Waals surface area contributed by atoms with Crippen molar-refractivity contribution in [1.82, 2.24) is 0 Å². The molecule has 0 aliphatic heterocycles. The number of hydrogen-bond donors (Lipinski definition) is 0. The number of phosphoric ester groups is 1. The molecule has 0 aromatic rings. The summed E-state index contributed by atoms with van der Waals surface area (Å²) in [7, 11) is 1.17. The van der Waals surface area contributed by atoms with E-state index in [9.17, 15) is 19.0 Å². The first-order chi connectivity index (χ1) is 29.0. The predicted octanol–water partition coefficient (Wildman–Crippen LogP) is 14.3. The predicted molar refractivity (Wildman–Crippen MR) is 250 cm³/mol. The highest BCUT2D eigenvalue weighted by molar-refractivity contribution is 7.45. The lowest BCUT2D eigenvalue weighted by Gasteiger charge is -2.28. The van der Waals surface area contributed by atoms with E-state index in [1.54, 1.807) is 0 Å². The van der Waals surface area contributed by atoms with Crippen LogP contribution >= 0.6 is 7.82 Å². The van der Waals surface area contributed by atoms with E-state index < -0.39 is 26.5 Å². The molecular weight excluding hydrogens is 774 g/mol. The van der Waals surface area contributed by atoms with Gasteiger partial charge in [-0.2, -0.15) is 0 Å². The first-order valence-electron chi connectivity index (χ1n) is 25.4. The minimum absolute atomic E-state index is 0.0302. The number of carbonyl (C=O) groups excluding carboxylic acids is 2. The number of unbranched alkanes of at least 4 members (excludes halogenated alkanes) is 31. The number of nitrogens with zero attached hydrogens (tertiary/aromatic N) is 1. The maximum Gasteiger partial charge on any atom is 0.306 e. The second-order valence-electron chi connectivity index (χ2n) is 18.5. The zero-order chi connectivity index (χ0) is 44.3. The SMILES string of the molecule is CCCCCCCCCC/C=C/CCCCCC(=O)O[C@@H](COC(=O)CCCCCCCCCCCCCCCCCCCCCCC)COP(=O)([O-])OCC[N+](C)(C)C. The Kier molecular flexibility index (Phi) is 42.1. The van der Waals surface area contributed by atoms with Gasteiger partial charge >= 0.3 is 11.9 Å². The maximum atomic E-state index is 12.7. The van der Waals surface area contributed by atoms with Gasteiger partial charge in [0, 0.05) is 12.8 Å². The molecular formula is C50H98NO8P. The first kappa shape index (κ1) is 58.8. The summed E-state index contributed by atoms with van der Waals surface area (Å²) in [5.41, 5.74) is 0. The third kappa shape index (κ3) is 46.3. The van der Waals surface area contributed by atoms with Crippen LogP contribution in [0.1, 0.15) is 245 Å². The van der Waals surface area contributed by atoms with Crippen LogP contribution in [0.5, 0.6) is 0 Å². The number of phosphoric acid groups is 1. The minimum atomic E-state index is -4.63. The zero-order valence-electron chi connectivity index (χ0n) is 40.2. The van der Waals surface area contributed by atoms with Gasteiger partial charge in [-0.05, 0) is 38.5 Å². The molecule has 1 unspecified atom stereocenters. The van der Waals surface area contributed by atoms with Crippen molar-refractivity contribution in [3.05, 3.63) is 12.2 Å². The van der Waals surface area contributed by atoms with Gasteiger partial charge in [0.2, 0.25) is 0 Å². The Morgan fingerprint density at radius 1 is 0.500 bits per heavy atom. The molecule has 0 radical (unpaired) electrons. The van der Waals surface area contributed by atoms with E-state index in [1.807, 2.05) is 21.1 Å². The number of likely N-dealkylation sites (N-methyl/N-ethyl adjacent to an activating group) is 1. The average Bonchev–Trinajstić information content (AvgIpc) is 3.20. The van der Waals surface area contributed by atoms with Crippen LogP contribution in [0, 0.1) is 0 Å². The Morgan fingerprint density at radius 3 is 1.25 bits per heavy atom. The van der Waals surface area contributed by atoms with Crippen molar-refractivity contribution in [2.75, 3.05) is 47.5 Å². The largest absolute Gasteiger partial charge is 0.756 e. The molecule has 0 fully saturated rings. The van der Waals surface area contributed by atoms with Crippen LogP contribution in [0.25, 0.3) is 0 Å². The molecule has 10 heteroatoms. The van der Waals surface area contributed by atoms with Crippen molar-refractivity contribution < 1.29 is 42.1 Å². The highest BCUT2D eigenvalue weighted by atomic mass is 31.2. The lowest BCUT2D eigenvalue weighted by molar-refractivity contribution is -0.870. The van der Waals surface area contributed by atoms with Gasteiger partial charge in [-0.25, -0.2) is 0 Å². The molecule has 0 aliphatic rings. The second kappa shape index (κ2) is 43.0. The quantitative estimate of drug-likeness (QED) is 0.0195. The molecule has 356 valence electrons. The molecule has 0 N–H and O–H groups in total. The normalized spacial score (nSPS) is 13.5. The average molecular weight is 872 g/mol. The lowest BCUT2D eigenvalue weighted by atomic mass is 10.0. The van der Waals surface area contributed by atoms with Gasteiger partial charge in [-0.1, -0.05) is 206 Å². The van der Waals surface area contributed by atoms with Crippen molar-refractivity contribution >= 4 is 19.8 Å². The van der Waals surface area contributed by atoms with Crippen molar-refractivity contribution in [2.24, 2.45) is 0 Å². The van der Waals surface area contributed by atoms with Gasteiger partial charge in [0.15, 0.2) is 6.10 Å². The van der Waals surface area contributed by atoms with Crippen LogP contribution in [-0.2, 0) is 32.7 Å². The molecule has 0 rings (SSSR count). The fourth-order valence-electron chi connectivity index (χ4n) is 7.30. The molecule has 60 heavy (non-hydrogen) atoms. The molecule has 9 nitrogen and oxygen atoms in total. The monoisotopic (exact) mass is 872 g/mol. The topological polar surface area (TPSA) is 111 Å². The van der Waals surface area contributed by atoms with Crippen molar-refractivity contribution in [3.63, 3.8) is 0 Å². The first-order valence-corrected chi connectivity index (χ1v) is 26.9. The van der Waals surface area contributed by atoms with Gasteiger partial charge in [-0.3, -0.25) is 14.2 Å². The van der Waals surface area contributed by atoms with Crippen molar-refractivity contribution in [1.29, 1.82) is 0 Å². The number of hydrogen-bond acceptors (Lipinski definition) is 8. The van der Waals surface area contributed by atoms with E-state index in [0.717, 1.165) is 44.9 Å². The number of allylic oxidation sites excluding steroid dienone is 2. The Labute approximate surface area is 371 Å². The third-order valence-corrected chi connectivity index (χ3v) is 12.2. The number of quaternary nitrogens is 1. The number of carbonyl (C=O) groups is 2.